The van der Waals surface area contributed by atoms with Crippen LogP contribution in [0.1, 0.15) is 21.1 Å². The number of carbonyl (C=O) groups excluding carboxylic acids is 1. The average molecular weight is 274 g/mol. The molecule has 0 aliphatic heterocycles. The van der Waals surface area contributed by atoms with E-state index in [4.69, 9.17) is 9.52 Å². The molecule has 6 heteroatoms. The highest BCUT2D eigenvalue weighted by atomic mass is 16.4. The molecule has 1 aromatic heterocycles. The van der Waals surface area contributed by atoms with E-state index in [0.717, 1.165) is 5.69 Å². The van der Waals surface area contributed by atoms with Gasteiger partial charge in [-0.25, -0.2) is 4.79 Å². The van der Waals surface area contributed by atoms with E-state index in [9.17, 15) is 9.59 Å². The van der Waals surface area contributed by atoms with Crippen LogP contribution in [0, 0.1) is 0 Å². The van der Waals surface area contributed by atoms with Crippen LogP contribution >= 0.6 is 0 Å². The molecule has 6 nitrogen and oxygen atoms in total. The summed E-state index contributed by atoms with van der Waals surface area (Å²) < 4.78 is 4.92. The number of furan rings is 1. The van der Waals surface area contributed by atoms with Gasteiger partial charge in [-0.1, -0.05) is 0 Å². The molecule has 0 fully saturated rings. The minimum Gasteiger partial charge on any atom is -0.475 e. The van der Waals surface area contributed by atoms with Crippen molar-refractivity contribution in [3.63, 3.8) is 0 Å². The minimum atomic E-state index is -1.21. The van der Waals surface area contributed by atoms with Gasteiger partial charge >= 0.3 is 5.97 Å². The Morgan fingerprint density at radius 3 is 2.15 bits per heavy atom. The fraction of sp³-hybridized carbons (Fsp3) is 0.143. The van der Waals surface area contributed by atoms with Crippen LogP contribution < -0.4 is 10.2 Å². The van der Waals surface area contributed by atoms with Crippen LogP contribution in [0.3, 0.4) is 0 Å². The molecule has 0 saturated heterocycles. The lowest BCUT2D eigenvalue weighted by atomic mass is 10.2. The summed E-state index contributed by atoms with van der Waals surface area (Å²) in [4.78, 5) is 24.5. The molecule has 0 aliphatic carbocycles. The Balaban J connectivity index is 2.08. The molecule has 1 aromatic carbocycles. The number of nitrogens with one attached hydrogen (secondary N) is 1. The number of carboxylic acids is 1. The SMILES string of the molecule is CN(C)c1ccc(NC(=O)c2ccc(C(=O)O)o2)cc1. The largest absolute Gasteiger partial charge is 0.475 e. The zero-order valence-electron chi connectivity index (χ0n) is 11.1. The maximum atomic E-state index is 11.9. The van der Waals surface area contributed by atoms with E-state index in [1.165, 1.54) is 12.1 Å². The number of nitrogens with zero attached hydrogens (tertiary/aromatic N) is 1. The molecule has 0 bridgehead atoms. The number of benzene rings is 1. The standard InChI is InChI=1S/C14H14N2O4/c1-16(2)10-5-3-9(4-6-10)15-13(17)11-7-8-12(20-11)14(18)19/h3-8H,1-2H3,(H,15,17)(H,18,19). The molecule has 1 heterocycles. The van der Waals surface area contributed by atoms with Crippen LogP contribution in [0.25, 0.3) is 0 Å². The van der Waals surface area contributed by atoms with Gasteiger partial charge in [0.2, 0.25) is 5.76 Å². The first-order chi connectivity index (χ1) is 9.47. The van der Waals surface area contributed by atoms with Gasteiger partial charge in [0.15, 0.2) is 5.76 Å². The first-order valence-electron chi connectivity index (χ1n) is 5.89. The molecule has 0 atom stereocenters. The van der Waals surface area contributed by atoms with Gasteiger partial charge in [0.25, 0.3) is 5.91 Å². The molecular formula is C14H14N2O4. The average Bonchev–Trinajstić information content (AvgIpc) is 2.89. The highest BCUT2D eigenvalue weighted by Crippen LogP contribution is 2.17. The van der Waals surface area contributed by atoms with Crippen LogP contribution in [0.5, 0.6) is 0 Å². The third-order valence-corrected chi connectivity index (χ3v) is 2.68. The topological polar surface area (TPSA) is 82.8 Å². The second kappa shape index (κ2) is 5.48. The number of amides is 1. The summed E-state index contributed by atoms with van der Waals surface area (Å²) in [5, 5.41) is 11.4. The summed E-state index contributed by atoms with van der Waals surface area (Å²) in [7, 11) is 3.84. The van der Waals surface area contributed by atoms with Gasteiger partial charge in [-0.15, -0.1) is 0 Å². The molecule has 0 saturated carbocycles. The summed E-state index contributed by atoms with van der Waals surface area (Å²) in [6.07, 6.45) is 0. The highest BCUT2D eigenvalue weighted by Gasteiger charge is 2.14. The van der Waals surface area contributed by atoms with Crippen LogP contribution in [-0.4, -0.2) is 31.1 Å². The van der Waals surface area contributed by atoms with E-state index in [0.29, 0.717) is 5.69 Å². The molecule has 104 valence electrons. The van der Waals surface area contributed by atoms with Crippen molar-refractivity contribution in [1.29, 1.82) is 0 Å². The van der Waals surface area contributed by atoms with Crippen molar-refractivity contribution in [3.05, 3.63) is 47.9 Å². The van der Waals surface area contributed by atoms with Gasteiger partial charge < -0.3 is 19.7 Å². The van der Waals surface area contributed by atoms with Crippen LogP contribution in [0.4, 0.5) is 11.4 Å². The number of hydrogen-bond donors (Lipinski definition) is 2. The summed E-state index contributed by atoms with van der Waals surface area (Å²) in [5.41, 5.74) is 1.61. The monoisotopic (exact) mass is 274 g/mol. The van der Waals surface area contributed by atoms with Crippen LogP contribution in [-0.2, 0) is 0 Å². The fourth-order valence-corrected chi connectivity index (χ4v) is 1.61. The number of anilines is 2. The van der Waals surface area contributed by atoms with Gasteiger partial charge in [0.1, 0.15) is 0 Å². The van der Waals surface area contributed by atoms with Crippen LogP contribution in [0.2, 0.25) is 0 Å². The summed E-state index contributed by atoms with van der Waals surface area (Å²) >= 11 is 0. The number of hydrogen-bond acceptors (Lipinski definition) is 4. The van der Waals surface area contributed by atoms with Crippen molar-refractivity contribution >= 4 is 23.3 Å². The Bertz CT molecular complexity index is 629. The fourth-order valence-electron chi connectivity index (χ4n) is 1.61. The smallest absolute Gasteiger partial charge is 0.371 e. The van der Waals surface area contributed by atoms with Crippen molar-refractivity contribution in [1.82, 2.24) is 0 Å². The Labute approximate surface area is 115 Å². The summed E-state index contributed by atoms with van der Waals surface area (Å²) in [6, 6.07) is 9.81. The molecule has 0 spiro atoms. The first kappa shape index (κ1) is 13.7. The molecule has 0 unspecified atom stereocenters. The quantitative estimate of drug-likeness (QED) is 0.893. The second-order valence-corrected chi connectivity index (χ2v) is 4.36. The maximum Gasteiger partial charge on any atom is 0.371 e. The zero-order valence-corrected chi connectivity index (χ0v) is 11.1. The van der Waals surface area contributed by atoms with Crippen LogP contribution in [0.15, 0.2) is 40.8 Å². The molecule has 2 rings (SSSR count). The maximum absolute atomic E-state index is 11.9. The van der Waals surface area contributed by atoms with Gasteiger partial charge in [-0.05, 0) is 36.4 Å². The highest BCUT2D eigenvalue weighted by molar-refractivity contribution is 6.03. The van der Waals surface area contributed by atoms with Gasteiger partial charge in [0.05, 0.1) is 0 Å². The molecule has 0 radical (unpaired) electrons. The van der Waals surface area contributed by atoms with E-state index in [2.05, 4.69) is 5.32 Å². The van der Waals surface area contributed by atoms with E-state index in [1.54, 1.807) is 12.1 Å². The normalized spacial score (nSPS) is 10.1. The molecule has 0 aliphatic rings. The Morgan fingerprint density at radius 1 is 1.05 bits per heavy atom. The lowest BCUT2D eigenvalue weighted by molar-refractivity contribution is 0.0660. The van der Waals surface area contributed by atoms with Gasteiger partial charge in [-0.3, -0.25) is 4.79 Å². The molecule has 2 aromatic rings. The zero-order chi connectivity index (χ0) is 14.7. The third-order valence-electron chi connectivity index (χ3n) is 2.68. The van der Waals surface area contributed by atoms with Crippen molar-refractivity contribution in [2.24, 2.45) is 0 Å². The Morgan fingerprint density at radius 2 is 1.65 bits per heavy atom. The van der Waals surface area contributed by atoms with E-state index < -0.39 is 11.9 Å². The van der Waals surface area contributed by atoms with E-state index in [-0.39, 0.29) is 11.5 Å². The number of carboxylic acid groups (broad SMARTS) is 1. The lowest BCUT2D eigenvalue weighted by Crippen LogP contribution is -2.12. The van der Waals surface area contributed by atoms with Gasteiger partial charge in [-0.2, -0.15) is 0 Å². The van der Waals surface area contributed by atoms with Gasteiger partial charge in [0, 0.05) is 25.5 Å². The predicted octanol–water partition coefficient (Wildman–Crippen LogP) is 2.30. The lowest BCUT2D eigenvalue weighted by Gasteiger charge is -2.12. The summed E-state index contributed by atoms with van der Waals surface area (Å²) in [6.45, 7) is 0. The number of rotatable bonds is 4. The summed E-state index contributed by atoms with van der Waals surface area (Å²) in [5.74, 6) is -2.01. The van der Waals surface area contributed by atoms with Crippen molar-refractivity contribution in [2.45, 2.75) is 0 Å². The predicted molar refractivity (Wildman–Crippen MR) is 74.4 cm³/mol. The molecule has 1 amide bonds. The molecule has 20 heavy (non-hydrogen) atoms. The first-order valence-corrected chi connectivity index (χ1v) is 5.89. The van der Waals surface area contributed by atoms with Crippen molar-refractivity contribution < 1.29 is 19.1 Å². The van der Waals surface area contributed by atoms with E-state index >= 15 is 0 Å². The Kier molecular flexibility index (Phi) is 3.74. The van der Waals surface area contributed by atoms with Crippen molar-refractivity contribution in [2.75, 3.05) is 24.3 Å². The minimum absolute atomic E-state index is 0.0425. The number of aromatic carboxylic acids is 1. The van der Waals surface area contributed by atoms with Crippen molar-refractivity contribution in [3.8, 4) is 0 Å². The van der Waals surface area contributed by atoms with E-state index in [1.807, 2.05) is 31.1 Å². The second-order valence-electron chi connectivity index (χ2n) is 4.36. The molecular weight excluding hydrogens is 260 g/mol. The third kappa shape index (κ3) is 2.97. The number of carbonyl (C=O) groups is 2. The molecule has 2 N–H and O–H groups in total. The Hall–Kier alpha value is -2.76.